The minimum Gasteiger partial charge on any atom is -0.452 e. The van der Waals surface area contributed by atoms with Crippen LogP contribution >= 0.6 is 0 Å². The largest absolute Gasteiger partial charge is 0.452 e. The minimum absolute atomic E-state index is 0.0220. The van der Waals surface area contributed by atoms with Crippen LogP contribution in [0.1, 0.15) is 36.0 Å². The summed E-state index contributed by atoms with van der Waals surface area (Å²) in [6.07, 6.45) is 4.90. The van der Waals surface area contributed by atoms with Gasteiger partial charge in [0.2, 0.25) is 0 Å². The van der Waals surface area contributed by atoms with Crippen LogP contribution in [0.5, 0.6) is 0 Å². The molecule has 3 rings (SSSR count). The summed E-state index contributed by atoms with van der Waals surface area (Å²) in [5, 5.41) is 13.5. The molecule has 0 aliphatic carbocycles. The van der Waals surface area contributed by atoms with E-state index in [1.165, 1.54) is 43.9 Å². The first kappa shape index (κ1) is 20.3. The lowest BCUT2D eigenvalue weighted by molar-refractivity contribution is -0.384. The Kier molecular flexibility index (Phi) is 6.78. The van der Waals surface area contributed by atoms with Gasteiger partial charge >= 0.3 is 5.97 Å². The van der Waals surface area contributed by atoms with Gasteiger partial charge in [0.1, 0.15) is 0 Å². The van der Waals surface area contributed by atoms with E-state index in [4.69, 9.17) is 4.74 Å². The quantitative estimate of drug-likeness (QED) is 0.452. The molecule has 1 amide bonds. The van der Waals surface area contributed by atoms with Crippen LogP contribution in [0, 0.1) is 10.1 Å². The van der Waals surface area contributed by atoms with E-state index in [-0.39, 0.29) is 11.3 Å². The van der Waals surface area contributed by atoms with Crippen LogP contribution in [0.4, 0.5) is 17.1 Å². The Morgan fingerprint density at radius 1 is 1.03 bits per heavy atom. The van der Waals surface area contributed by atoms with Crippen molar-refractivity contribution >= 4 is 28.9 Å². The first-order valence-corrected chi connectivity index (χ1v) is 9.59. The molecule has 1 N–H and O–H groups in total. The van der Waals surface area contributed by atoms with Crippen molar-refractivity contribution < 1.29 is 19.2 Å². The summed E-state index contributed by atoms with van der Waals surface area (Å²) in [7, 11) is 0. The zero-order valence-electron chi connectivity index (χ0n) is 16.0. The lowest BCUT2D eigenvalue weighted by Crippen LogP contribution is -2.24. The number of hydrogen-bond acceptors (Lipinski definition) is 6. The molecule has 29 heavy (non-hydrogen) atoms. The van der Waals surface area contributed by atoms with Crippen molar-refractivity contribution in [2.24, 2.45) is 0 Å². The third-order valence-electron chi connectivity index (χ3n) is 4.75. The number of ether oxygens (including phenoxy) is 1. The second kappa shape index (κ2) is 9.68. The van der Waals surface area contributed by atoms with Crippen LogP contribution in [-0.4, -0.2) is 36.5 Å². The number of anilines is 2. The summed E-state index contributed by atoms with van der Waals surface area (Å²) in [6.45, 7) is 1.61. The molecule has 152 valence electrons. The first-order chi connectivity index (χ1) is 14.0. The fraction of sp³-hybridized carbons (Fsp3) is 0.333. The van der Waals surface area contributed by atoms with Gasteiger partial charge in [-0.05, 0) is 43.2 Å². The standard InChI is InChI=1S/C21H23N3O5/c25-20(15-29-21(26)16-6-5-7-19(14-16)24(27)28)22-17-8-10-18(11-9-17)23-12-3-1-2-4-13-23/h5-11,14H,1-4,12-13,15H2,(H,22,25). The van der Waals surface area contributed by atoms with Crippen molar-refractivity contribution in [3.63, 3.8) is 0 Å². The van der Waals surface area contributed by atoms with Crippen molar-refractivity contribution in [1.82, 2.24) is 0 Å². The molecule has 0 atom stereocenters. The van der Waals surface area contributed by atoms with Crippen LogP contribution in [0.2, 0.25) is 0 Å². The number of carbonyl (C=O) groups is 2. The molecule has 0 aromatic heterocycles. The molecule has 0 radical (unpaired) electrons. The van der Waals surface area contributed by atoms with Gasteiger partial charge in [-0.1, -0.05) is 18.9 Å². The molecule has 0 saturated carbocycles. The molecule has 1 aliphatic rings. The van der Waals surface area contributed by atoms with Gasteiger partial charge in [-0.2, -0.15) is 0 Å². The van der Waals surface area contributed by atoms with Crippen molar-refractivity contribution in [2.45, 2.75) is 25.7 Å². The number of nitro benzene ring substituents is 1. The zero-order valence-corrected chi connectivity index (χ0v) is 16.0. The van der Waals surface area contributed by atoms with Gasteiger partial charge in [0.25, 0.3) is 11.6 Å². The van der Waals surface area contributed by atoms with E-state index in [0.29, 0.717) is 5.69 Å². The number of non-ortho nitro benzene ring substituents is 1. The van der Waals surface area contributed by atoms with Crippen molar-refractivity contribution in [2.75, 3.05) is 29.9 Å². The third-order valence-corrected chi connectivity index (χ3v) is 4.75. The molecule has 1 heterocycles. The predicted octanol–water partition coefficient (Wildman–Crippen LogP) is 3.77. The van der Waals surface area contributed by atoms with E-state index in [1.807, 2.05) is 24.3 Å². The maximum atomic E-state index is 12.0. The maximum absolute atomic E-state index is 12.0. The average molecular weight is 397 g/mol. The van der Waals surface area contributed by atoms with E-state index in [2.05, 4.69) is 10.2 Å². The van der Waals surface area contributed by atoms with E-state index in [0.717, 1.165) is 24.8 Å². The van der Waals surface area contributed by atoms with Gasteiger partial charge in [0.15, 0.2) is 6.61 Å². The summed E-state index contributed by atoms with van der Waals surface area (Å²) in [5.41, 5.74) is 1.55. The molecule has 2 aromatic rings. The fourth-order valence-corrected chi connectivity index (χ4v) is 3.24. The second-order valence-electron chi connectivity index (χ2n) is 6.88. The SMILES string of the molecule is O=C(COC(=O)c1cccc([N+](=O)[O-])c1)Nc1ccc(N2CCCCCC2)cc1. The summed E-state index contributed by atoms with van der Waals surface area (Å²) in [5.74, 6) is -1.27. The number of nitro groups is 1. The number of hydrogen-bond donors (Lipinski definition) is 1. The van der Waals surface area contributed by atoms with Gasteiger partial charge in [-0.3, -0.25) is 14.9 Å². The van der Waals surface area contributed by atoms with Gasteiger partial charge in [0, 0.05) is 36.6 Å². The summed E-state index contributed by atoms with van der Waals surface area (Å²) in [4.78, 5) is 36.6. The highest BCUT2D eigenvalue weighted by Crippen LogP contribution is 2.21. The monoisotopic (exact) mass is 397 g/mol. The van der Waals surface area contributed by atoms with Crippen LogP contribution in [0.3, 0.4) is 0 Å². The molecule has 8 heteroatoms. The Bertz CT molecular complexity index is 874. The summed E-state index contributed by atoms with van der Waals surface area (Å²) in [6, 6.07) is 12.8. The van der Waals surface area contributed by atoms with Crippen molar-refractivity contribution in [1.29, 1.82) is 0 Å². The number of nitrogens with zero attached hydrogens (tertiary/aromatic N) is 2. The number of nitrogens with one attached hydrogen (secondary N) is 1. The molecule has 1 saturated heterocycles. The molecule has 0 spiro atoms. The highest BCUT2D eigenvalue weighted by molar-refractivity contribution is 5.95. The topological polar surface area (TPSA) is 102 Å². The highest BCUT2D eigenvalue weighted by Gasteiger charge is 2.15. The number of esters is 1. The Morgan fingerprint density at radius 2 is 1.72 bits per heavy atom. The molecule has 0 unspecified atom stereocenters. The van der Waals surface area contributed by atoms with Crippen LogP contribution in [-0.2, 0) is 9.53 Å². The Morgan fingerprint density at radius 3 is 2.38 bits per heavy atom. The smallest absolute Gasteiger partial charge is 0.338 e. The number of rotatable bonds is 6. The number of carbonyl (C=O) groups excluding carboxylic acids is 2. The van der Waals surface area contributed by atoms with Crippen LogP contribution < -0.4 is 10.2 Å². The molecular weight excluding hydrogens is 374 g/mol. The van der Waals surface area contributed by atoms with Crippen LogP contribution in [0.15, 0.2) is 48.5 Å². The number of benzene rings is 2. The first-order valence-electron chi connectivity index (χ1n) is 9.59. The van der Waals surface area contributed by atoms with Gasteiger partial charge < -0.3 is 15.0 Å². The van der Waals surface area contributed by atoms with Crippen molar-refractivity contribution in [3.05, 3.63) is 64.2 Å². The Labute approximate surface area is 168 Å². The number of amides is 1. The summed E-state index contributed by atoms with van der Waals surface area (Å²) < 4.78 is 4.95. The van der Waals surface area contributed by atoms with Gasteiger partial charge in [-0.15, -0.1) is 0 Å². The molecule has 8 nitrogen and oxygen atoms in total. The van der Waals surface area contributed by atoms with E-state index in [1.54, 1.807) is 0 Å². The molecule has 1 fully saturated rings. The molecule has 2 aromatic carbocycles. The third kappa shape index (κ3) is 5.78. The van der Waals surface area contributed by atoms with Gasteiger partial charge in [-0.25, -0.2) is 4.79 Å². The Hall–Kier alpha value is -3.42. The van der Waals surface area contributed by atoms with Crippen LogP contribution in [0.25, 0.3) is 0 Å². The predicted molar refractivity (Wildman–Crippen MR) is 109 cm³/mol. The second-order valence-corrected chi connectivity index (χ2v) is 6.88. The molecular formula is C21H23N3O5. The normalized spacial score (nSPS) is 14.0. The highest BCUT2D eigenvalue weighted by atomic mass is 16.6. The van der Waals surface area contributed by atoms with E-state index in [9.17, 15) is 19.7 Å². The summed E-state index contributed by atoms with van der Waals surface area (Å²) >= 11 is 0. The zero-order chi connectivity index (χ0) is 20.6. The van der Waals surface area contributed by atoms with E-state index >= 15 is 0 Å². The van der Waals surface area contributed by atoms with Gasteiger partial charge in [0.05, 0.1) is 10.5 Å². The Balaban J connectivity index is 1.50. The van der Waals surface area contributed by atoms with Crippen molar-refractivity contribution in [3.8, 4) is 0 Å². The maximum Gasteiger partial charge on any atom is 0.338 e. The van der Waals surface area contributed by atoms with E-state index < -0.39 is 23.4 Å². The molecule has 0 bridgehead atoms. The minimum atomic E-state index is -0.791. The lowest BCUT2D eigenvalue weighted by atomic mass is 10.2. The average Bonchev–Trinajstić information content (AvgIpc) is 3.02. The molecule has 1 aliphatic heterocycles. The fourth-order valence-electron chi connectivity index (χ4n) is 3.24. The lowest BCUT2D eigenvalue weighted by Gasteiger charge is -2.22.